The first kappa shape index (κ1) is 21.0. The molecule has 7 heteroatoms. The first-order valence-corrected chi connectivity index (χ1v) is 9.92. The van der Waals surface area contributed by atoms with Crippen LogP contribution in [0.4, 0.5) is 0 Å². The van der Waals surface area contributed by atoms with E-state index in [4.69, 9.17) is 9.47 Å². The van der Waals surface area contributed by atoms with Crippen LogP contribution in [0.3, 0.4) is 0 Å². The zero-order valence-corrected chi connectivity index (χ0v) is 16.8. The highest BCUT2D eigenvalue weighted by Gasteiger charge is 2.23. The lowest BCUT2D eigenvalue weighted by Crippen LogP contribution is -2.47. The van der Waals surface area contributed by atoms with Crippen molar-refractivity contribution in [2.75, 3.05) is 40.4 Å². The van der Waals surface area contributed by atoms with Crippen LogP contribution in [0.1, 0.15) is 46.0 Å². The molecule has 2 aliphatic rings. The summed E-state index contributed by atoms with van der Waals surface area (Å²) in [7, 11) is 3.51. The van der Waals surface area contributed by atoms with Gasteiger partial charge in [-0.15, -0.1) is 0 Å². The average molecular weight is 369 g/mol. The Morgan fingerprint density at radius 1 is 1.23 bits per heavy atom. The molecule has 0 spiro atoms. The molecule has 1 saturated carbocycles. The molecule has 150 valence electrons. The highest BCUT2D eigenvalue weighted by molar-refractivity contribution is 5.84. The number of nitrogens with zero attached hydrogens (tertiary/aromatic N) is 2. The maximum atomic E-state index is 11.9. The molecule has 1 saturated heterocycles. The number of aliphatic imine (C=N–C) groups is 1. The van der Waals surface area contributed by atoms with E-state index in [1.807, 2.05) is 0 Å². The second-order valence-corrected chi connectivity index (χ2v) is 7.87. The minimum Gasteiger partial charge on any atom is -0.381 e. The summed E-state index contributed by atoms with van der Waals surface area (Å²) in [6.45, 7) is 6.81. The maximum Gasteiger partial charge on any atom is 0.243 e. The van der Waals surface area contributed by atoms with Gasteiger partial charge in [-0.2, -0.15) is 0 Å². The van der Waals surface area contributed by atoms with E-state index in [9.17, 15) is 4.79 Å². The van der Waals surface area contributed by atoms with Crippen molar-refractivity contribution in [2.45, 2.75) is 64.2 Å². The number of hydrogen-bond donors (Lipinski definition) is 2. The van der Waals surface area contributed by atoms with Gasteiger partial charge in [0.25, 0.3) is 0 Å². The van der Waals surface area contributed by atoms with Crippen molar-refractivity contribution >= 4 is 11.9 Å². The van der Waals surface area contributed by atoms with Gasteiger partial charge in [-0.3, -0.25) is 4.79 Å². The number of carbonyl (C=O) groups excluding carboxylic acids is 1. The lowest BCUT2D eigenvalue weighted by molar-refractivity contribution is -0.127. The molecule has 26 heavy (non-hydrogen) atoms. The fraction of sp³-hybridized carbons (Fsp3) is 0.895. The number of ether oxygens (including phenoxy) is 2. The van der Waals surface area contributed by atoms with Crippen LogP contribution < -0.4 is 10.6 Å². The fourth-order valence-corrected chi connectivity index (χ4v) is 3.35. The Kier molecular flexibility index (Phi) is 8.65. The van der Waals surface area contributed by atoms with Crippen LogP contribution in [-0.4, -0.2) is 75.4 Å². The van der Waals surface area contributed by atoms with Crippen molar-refractivity contribution in [1.82, 2.24) is 15.5 Å². The second kappa shape index (κ2) is 10.7. The van der Waals surface area contributed by atoms with Crippen LogP contribution in [0, 0.1) is 5.92 Å². The molecule has 1 amide bonds. The SMILES string of the molecule is CC(C)OC1CCC(NC(=NCC(=O)N(C)C)NCC2CCOC2)CC1. The van der Waals surface area contributed by atoms with E-state index in [2.05, 4.69) is 29.5 Å². The van der Waals surface area contributed by atoms with Gasteiger partial charge in [0.1, 0.15) is 6.54 Å². The molecular weight excluding hydrogens is 332 g/mol. The smallest absolute Gasteiger partial charge is 0.243 e. The summed E-state index contributed by atoms with van der Waals surface area (Å²) in [4.78, 5) is 17.9. The van der Waals surface area contributed by atoms with Crippen molar-refractivity contribution in [3.8, 4) is 0 Å². The molecule has 7 nitrogen and oxygen atoms in total. The second-order valence-electron chi connectivity index (χ2n) is 7.87. The van der Waals surface area contributed by atoms with Crippen molar-refractivity contribution in [3.05, 3.63) is 0 Å². The van der Waals surface area contributed by atoms with Crippen LogP contribution in [-0.2, 0) is 14.3 Å². The van der Waals surface area contributed by atoms with E-state index in [1.54, 1.807) is 19.0 Å². The van der Waals surface area contributed by atoms with Crippen LogP contribution in [0.2, 0.25) is 0 Å². The monoisotopic (exact) mass is 368 g/mol. The number of amides is 1. The maximum absolute atomic E-state index is 11.9. The van der Waals surface area contributed by atoms with E-state index in [-0.39, 0.29) is 18.6 Å². The molecule has 0 aromatic carbocycles. The molecule has 2 rings (SSSR count). The molecule has 1 aliphatic heterocycles. The summed E-state index contributed by atoms with van der Waals surface area (Å²) in [6, 6.07) is 0.377. The van der Waals surface area contributed by atoms with Gasteiger partial charge in [-0.05, 0) is 46.0 Å². The van der Waals surface area contributed by atoms with Gasteiger partial charge >= 0.3 is 0 Å². The summed E-state index contributed by atoms with van der Waals surface area (Å²) in [6.07, 6.45) is 5.99. The standard InChI is InChI=1S/C19H36N4O3/c1-14(2)26-17-7-5-16(6-8-17)22-19(21-12-18(24)23(3)4)20-11-15-9-10-25-13-15/h14-17H,5-13H2,1-4H3,(H2,20,21,22). The lowest BCUT2D eigenvalue weighted by Gasteiger charge is -2.31. The Bertz CT molecular complexity index is 454. The molecule has 0 aromatic heterocycles. The molecule has 1 heterocycles. The van der Waals surface area contributed by atoms with E-state index in [1.165, 1.54) is 0 Å². The number of hydrogen-bond acceptors (Lipinski definition) is 4. The third kappa shape index (κ3) is 7.50. The molecule has 1 aliphatic carbocycles. The van der Waals surface area contributed by atoms with Gasteiger partial charge in [-0.1, -0.05) is 0 Å². The summed E-state index contributed by atoms with van der Waals surface area (Å²) < 4.78 is 11.4. The first-order chi connectivity index (χ1) is 12.4. The summed E-state index contributed by atoms with van der Waals surface area (Å²) in [5.41, 5.74) is 0. The Labute approximate surface area is 157 Å². The number of rotatable bonds is 7. The number of carbonyl (C=O) groups is 1. The average Bonchev–Trinajstić information content (AvgIpc) is 3.11. The normalized spacial score (nSPS) is 26.8. The van der Waals surface area contributed by atoms with Gasteiger partial charge in [0, 0.05) is 39.2 Å². The third-order valence-corrected chi connectivity index (χ3v) is 4.93. The predicted molar refractivity (Wildman–Crippen MR) is 103 cm³/mol. The summed E-state index contributed by atoms with van der Waals surface area (Å²) in [5, 5.41) is 6.92. The highest BCUT2D eigenvalue weighted by atomic mass is 16.5. The van der Waals surface area contributed by atoms with Gasteiger partial charge in [0.15, 0.2) is 5.96 Å². The van der Waals surface area contributed by atoms with Crippen molar-refractivity contribution in [2.24, 2.45) is 10.9 Å². The van der Waals surface area contributed by atoms with E-state index >= 15 is 0 Å². The van der Waals surface area contributed by atoms with Crippen LogP contribution in [0.25, 0.3) is 0 Å². The molecule has 1 unspecified atom stereocenters. The minimum atomic E-state index is 0.00402. The number of likely N-dealkylation sites (N-methyl/N-ethyl adjacent to an activating group) is 1. The van der Waals surface area contributed by atoms with Gasteiger partial charge in [0.05, 0.1) is 18.8 Å². The van der Waals surface area contributed by atoms with Crippen LogP contribution in [0.5, 0.6) is 0 Å². The van der Waals surface area contributed by atoms with E-state index < -0.39 is 0 Å². The Hall–Kier alpha value is -1.34. The van der Waals surface area contributed by atoms with Gasteiger partial charge < -0.3 is 25.0 Å². The lowest BCUT2D eigenvalue weighted by atomic mass is 9.93. The predicted octanol–water partition coefficient (Wildman–Crippen LogP) is 1.38. The van der Waals surface area contributed by atoms with E-state index in [0.29, 0.717) is 18.1 Å². The topological polar surface area (TPSA) is 75.2 Å². The molecule has 0 aromatic rings. The number of nitrogens with one attached hydrogen (secondary N) is 2. The summed E-state index contributed by atoms with van der Waals surface area (Å²) in [5.74, 6) is 1.26. The first-order valence-electron chi connectivity index (χ1n) is 9.92. The van der Waals surface area contributed by atoms with Gasteiger partial charge in [-0.25, -0.2) is 4.99 Å². The fourth-order valence-electron chi connectivity index (χ4n) is 3.35. The third-order valence-electron chi connectivity index (χ3n) is 4.93. The largest absolute Gasteiger partial charge is 0.381 e. The van der Waals surface area contributed by atoms with Gasteiger partial charge in [0.2, 0.25) is 5.91 Å². The Morgan fingerprint density at radius 2 is 1.96 bits per heavy atom. The van der Waals surface area contributed by atoms with Crippen molar-refractivity contribution in [3.63, 3.8) is 0 Å². The zero-order valence-electron chi connectivity index (χ0n) is 16.8. The van der Waals surface area contributed by atoms with Crippen molar-refractivity contribution < 1.29 is 14.3 Å². The van der Waals surface area contributed by atoms with E-state index in [0.717, 1.165) is 57.8 Å². The molecular formula is C19H36N4O3. The highest BCUT2D eigenvalue weighted by Crippen LogP contribution is 2.22. The molecule has 0 bridgehead atoms. The van der Waals surface area contributed by atoms with Crippen LogP contribution >= 0.6 is 0 Å². The molecule has 1 atom stereocenters. The zero-order chi connectivity index (χ0) is 18.9. The Morgan fingerprint density at radius 3 is 2.54 bits per heavy atom. The number of guanidine groups is 1. The minimum absolute atomic E-state index is 0.00402. The quantitative estimate of drug-likeness (QED) is 0.525. The summed E-state index contributed by atoms with van der Waals surface area (Å²) >= 11 is 0. The van der Waals surface area contributed by atoms with Crippen LogP contribution in [0.15, 0.2) is 4.99 Å². The molecule has 0 radical (unpaired) electrons. The molecule has 2 fully saturated rings. The van der Waals surface area contributed by atoms with Crippen molar-refractivity contribution in [1.29, 1.82) is 0 Å². The molecule has 2 N–H and O–H groups in total. The Balaban J connectivity index is 1.84.